The van der Waals surface area contributed by atoms with Crippen LogP contribution in [0.2, 0.25) is 0 Å². The second-order valence-electron chi connectivity index (χ2n) is 5.74. The fourth-order valence-electron chi connectivity index (χ4n) is 3.34. The van der Waals surface area contributed by atoms with Gasteiger partial charge in [0.2, 0.25) is 0 Å². The van der Waals surface area contributed by atoms with Crippen LogP contribution in [0, 0.1) is 0 Å². The smallest absolute Gasteiger partial charge is 0.0234 e. The first kappa shape index (κ1) is 12.2. The van der Waals surface area contributed by atoms with Gasteiger partial charge in [-0.15, -0.1) is 0 Å². The topological polar surface area (TPSA) is 6.48 Å². The van der Waals surface area contributed by atoms with Crippen LogP contribution in [-0.4, -0.2) is 42.0 Å². The largest absolute Gasteiger partial charge is 0.298 e. The van der Waals surface area contributed by atoms with Crippen molar-refractivity contribution in [2.45, 2.75) is 38.8 Å². The summed E-state index contributed by atoms with van der Waals surface area (Å²) in [5.41, 5.74) is 2.91. The van der Waals surface area contributed by atoms with Crippen molar-refractivity contribution in [3.63, 3.8) is 0 Å². The van der Waals surface area contributed by atoms with E-state index >= 15 is 0 Å². The van der Waals surface area contributed by atoms with Crippen molar-refractivity contribution in [3.05, 3.63) is 35.4 Å². The Morgan fingerprint density at radius 3 is 2.61 bits per heavy atom. The fourth-order valence-corrected chi connectivity index (χ4v) is 3.34. The number of piperazine rings is 1. The van der Waals surface area contributed by atoms with Gasteiger partial charge < -0.3 is 0 Å². The molecule has 1 atom stereocenters. The molecule has 0 spiro atoms. The summed E-state index contributed by atoms with van der Waals surface area (Å²) in [6.07, 6.45) is 3.95. The molecule has 98 valence electrons. The average Bonchev–Trinajstić information content (AvgIpc) is 2.87. The van der Waals surface area contributed by atoms with Crippen molar-refractivity contribution in [1.82, 2.24) is 9.80 Å². The quantitative estimate of drug-likeness (QED) is 0.806. The maximum Gasteiger partial charge on any atom is 0.0234 e. The molecule has 1 unspecified atom stereocenters. The Balaban J connectivity index is 1.58. The second-order valence-corrected chi connectivity index (χ2v) is 5.74. The first-order valence-electron chi connectivity index (χ1n) is 7.39. The van der Waals surface area contributed by atoms with Crippen LogP contribution in [0.1, 0.15) is 30.9 Å². The zero-order valence-corrected chi connectivity index (χ0v) is 11.4. The predicted octanol–water partition coefficient (Wildman–Crippen LogP) is 2.53. The van der Waals surface area contributed by atoms with E-state index in [4.69, 9.17) is 0 Å². The molecule has 2 aliphatic rings. The summed E-state index contributed by atoms with van der Waals surface area (Å²) < 4.78 is 0. The average molecular weight is 244 g/mol. The second kappa shape index (κ2) is 5.41. The Hall–Kier alpha value is -0.860. The van der Waals surface area contributed by atoms with Crippen LogP contribution in [0.4, 0.5) is 0 Å². The number of rotatable bonds is 3. The molecule has 2 aliphatic heterocycles. The predicted molar refractivity (Wildman–Crippen MR) is 75.7 cm³/mol. The van der Waals surface area contributed by atoms with Crippen LogP contribution in [0.15, 0.2) is 24.3 Å². The fraction of sp³-hybridized carbons (Fsp3) is 0.625. The summed E-state index contributed by atoms with van der Waals surface area (Å²) in [4.78, 5) is 5.31. The molecule has 2 heteroatoms. The van der Waals surface area contributed by atoms with Gasteiger partial charge in [-0.25, -0.2) is 0 Å². The van der Waals surface area contributed by atoms with Gasteiger partial charge in [0, 0.05) is 32.2 Å². The summed E-state index contributed by atoms with van der Waals surface area (Å²) >= 11 is 0. The van der Waals surface area contributed by atoms with E-state index in [1.807, 2.05) is 0 Å². The molecule has 0 aliphatic carbocycles. The summed E-state index contributed by atoms with van der Waals surface area (Å²) in [5, 5.41) is 0. The van der Waals surface area contributed by atoms with Gasteiger partial charge in [-0.05, 0) is 36.9 Å². The SMILES string of the molecule is CCc1ccc(CN2CCN3CCCC3C2)cc1. The molecule has 18 heavy (non-hydrogen) atoms. The molecular weight excluding hydrogens is 220 g/mol. The number of aryl methyl sites for hydroxylation is 1. The van der Waals surface area contributed by atoms with Crippen molar-refractivity contribution in [2.24, 2.45) is 0 Å². The Morgan fingerprint density at radius 2 is 1.83 bits per heavy atom. The zero-order valence-electron chi connectivity index (χ0n) is 11.4. The first-order valence-corrected chi connectivity index (χ1v) is 7.39. The Kier molecular flexibility index (Phi) is 3.67. The van der Waals surface area contributed by atoms with E-state index in [1.165, 1.54) is 50.1 Å². The van der Waals surface area contributed by atoms with Gasteiger partial charge in [0.15, 0.2) is 0 Å². The van der Waals surface area contributed by atoms with Crippen molar-refractivity contribution >= 4 is 0 Å². The highest BCUT2D eigenvalue weighted by Crippen LogP contribution is 2.22. The molecule has 1 aromatic carbocycles. The number of nitrogens with zero attached hydrogens (tertiary/aromatic N) is 2. The minimum absolute atomic E-state index is 0.841. The van der Waals surface area contributed by atoms with Crippen molar-refractivity contribution in [3.8, 4) is 0 Å². The zero-order chi connectivity index (χ0) is 12.4. The third kappa shape index (κ3) is 2.60. The molecule has 0 bridgehead atoms. The maximum atomic E-state index is 2.68. The van der Waals surface area contributed by atoms with Crippen LogP contribution in [-0.2, 0) is 13.0 Å². The van der Waals surface area contributed by atoms with Gasteiger partial charge in [0.1, 0.15) is 0 Å². The van der Waals surface area contributed by atoms with Crippen molar-refractivity contribution in [1.29, 1.82) is 0 Å². The summed E-state index contributed by atoms with van der Waals surface area (Å²) in [5.74, 6) is 0. The first-order chi connectivity index (χ1) is 8.85. The van der Waals surface area contributed by atoms with Gasteiger partial charge in [-0.3, -0.25) is 9.80 Å². The lowest BCUT2D eigenvalue weighted by Crippen LogP contribution is -2.49. The van der Waals surface area contributed by atoms with Gasteiger partial charge in [-0.2, -0.15) is 0 Å². The van der Waals surface area contributed by atoms with E-state index in [-0.39, 0.29) is 0 Å². The van der Waals surface area contributed by atoms with Gasteiger partial charge in [0.25, 0.3) is 0 Å². The lowest BCUT2D eigenvalue weighted by atomic mass is 10.1. The Morgan fingerprint density at radius 1 is 1.06 bits per heavy atom. The third-order valence-corrected chi connectivity index (χ3v) is 4.51. The lowest BCUT2D eigenvalue weighted by molar-refractivity contribution is 0.0994. The number of hydrogen-bond acceptors (Lipinski definition) is 2. The molecule has 0 aromatic heterocycles. The molecule has 2 fully saturated rings. The van der Waals surface area contributed by atoms with E-state index in [0.29, 0.717) is 0 Å². The van der Waals surface area contributed by atoms with Crippen LogP contribution >= 0.6 is 0 Å². The molecule has 1 aromatic rings. The highest BCUT2D eigenvalue weighted by atomic mass is 15.3. The monoisotopic (exact) mass is 244 g/mol. The maximum absolute atomic E-state index is 2.68. The van der Waals surface area contributed by atoms with E-state index in [1.54, 1.807) is 0 Å². The minimum atomic E-state index is 0.841. The molecule has 0 saturated carbocycles. The standard InChI is InChI=1S/C16H24N2/c1-2-14-5-7-15(8-6-14)12-17-10-11-18-9-3-4-16(18)13-17/h5-8,16H,2-4,9-13H2,1H3. The number of benzene rings is 1. The summed E-state index contributed by atoms with van der Waals surface area (Å²) in [7, 11) is 0. The molecule has 0 N–H and O–H groups in total. The van der Waals surface area contributed by atoms with Crippen LogP contribution in [0.5, 0.6) is 0 Å². The van der Waals surface area contributed by atoms with Gasteiger partial charge >= 0.3 is 0 Å². The molecule has 3 rings (SSSR count). The molecule has 2 nitrogen and oxygen atoms in total. The van der Waals surface area contributed by atoms with E-state index < -0.39 is 0 Å². The Bertz CT molecular complexity index is 385. The molecule has 2 saturated heterocycles. The van der Waals surface area contributed by atoms with Crippen LogP contribution in [0.25, 0.3) is 0 Å². The Labute approximate surface area is 111 Å². The highest BCUT2D eigenvalue weighted by molar-refractivity contribution is 5.22. The molecular formula is C16H24N2. The van der Waals surface area contributed by atoms with E-state index in [0.717, 1.165) is 19.0 Å². The van der Waals surface area contributed by atoms with Gasteiger partial charge in [-0.1, -0.05) is 31.2 Å². The number of fused-ring (bicyclic) bond motifs is 1. The minimum Gasteiger partial charge on any atom is -0.298 e. The third-order valence-electron chi connectivity index (χ3n) is 4.51. The van der Waals surface area contributed by atoms with Crippen LogP contribution < -0.4 is 0 Å². The van der Waals surface area contributed by atoms with Gasteiger partial charge in [0.05, 0.1) is 0 Å². The highest BCUT2D eigenvalue weighted by Gasteiger charge is 2.30. The van der Waals surface area contributed by atoms with Crippen molar-refractivity contribution < 1.29 is 0 Å². The van der Waals surface area contributed by atoms with E-state index in [9.17, 15) is 0 Å². The summed E-state index contributed by atoms with van der Waals surface area (Å²) in [6, 6.07) is 10.0. The molecule has 0 radical (unpaired) electrons. The summed E-state index contributed by atoms with van der Waals surface area (Å²) in [6.45, 7) is 8.48. The molecule has 0 amide bonds. The molecule has 2 heterocycles. The van der Waals surface area contributed by atoms with E-state index in [2.05, 4.69) is 41.0 Å². The van der Waals surface area contributed by atoms with Crippen molar-refractivity contribution in [2.75, 3.05) is 26.2 Å². The lowest BCUT2D eigenvalue weighted by Gasteiger charge is -2.37. The van der Waals surface area contributed by atoms with Crippen LogP contribution in [0.3, 0.4) is 0 Å². The normalized spacial score (nSPS) is 25.3. The number of hydrogen-bond donors (Lipinski definition) is 0.